The Morgan fingerprint density at radius 3 is 2.58 bits per heavy atom. The lowest BCUT2D eigenvalue weighted by atomic mass is 10.2. The molecule has 19 heavy (non-hydrogen) atoms. The lowest BCUT2D eigenvalue weighted by Gasteiger charge is -2.35. The van der Waals surface area contributed by atoms with E-state index in [1.807, 2.05) is 19.1 Å². The van der Waals surface area contributed by atoms with Gasteiger partial charge in [-0.15, -0.1) is 0 Å². The first kappa shape index (κ1) is 14.2. The number of benzene rings is 1. The van der Waals surface area contributed by atoms with Gasteiger partial charge in [0.2, 0.25) is 0 Å². The summed E-state index contributed by atoms with van der Waals surface area (Å²) in [7, 11) is 1.42. The second-order valence-corrected chi connectivity index (χ2v) is 5.18. The van der Waals surface area contributed by atoms with E-state index in [0.717, 1.165) is 42.5 Å². The molecule has 1 aromatic carbocycles. The van der Waals surface area contributed by atoms with E-state index in [9.17, 15) is 4.79 Å². The van der Waals surface area contributed by atoms with E-state index in [0.29, 0.717) is 6.54 Å². The summed E-state index contributed by atoms with van der Waals surface area (Å²) in [6, 6.07) is 6.14. The van der Waals surface area contributed by atoms with Gasteiger partial charge in [0.1, 0.15) is 0 Å². The maximum Gasteiger partial charge on any atom is 0.319 e. The number of halogens is 1. The van der Waals surface area contributed by atoms with E-state index in [1.165, 1.54) is 7.11 Å². The van der Waals surface area contributed by atoms with Crippen molar-refractivity contribution in [1.82, 2.24) is 4.90 Å². The minimum atomic E-state index is -0.174. The third-order valence-corrected chi connectivity index (χ3v) is 3.88. The van der Waals surface area contributed by atoms with Gasteiger partial charge in [-0.2, -0.15) is 0 Å². The Labute approximate surface area is 118 Å². The molecule has 5 heteroatoms. The van der Waals surface area contributed by atoms with Gasteiger partial charge in [-0.05, 0) is 24.6 Å². The minimum Gasteiger partial charge on any atom is -0.468 e. The van der Waals surface area contributed by atoms with Gasteiger partial charge < -0.3 is 9.64 Å². The highest BCUT2D eigenvalue weighted by Gasteiger charge is 2.19. The number of rotatable bonds is 3. The summed E-state index contributed by atoms with van der Waals surface area (Å²) in [5.41, 5.74) is 2.24. The van der Waals surface area contributed by atoms with Crippen LogP contribution in [0.4, 0.5) is 5.69 Å². The van der Waals surface area contributed by atoms with Crippen LogP contribution in [0.15, 0.2) is 18.2 Å². The van der Waals surface area contributed by atoms with Gasteiger partial charge in [0.25, 0.3) is 0 Å². The molecule has 0 amide bonds. The van der Waals surface area contributed by atoms with Crippen molar-refractivity contribution in [3.63, 3.8) is 0 Å². The fourth-order valence-corrected chi connectivity index (χ4v) is 2.36. The monoisotopic (exact) mass is 282 g/mol. The van der Waals surface area contributed by atoms with Crippen LogP contribution in [-0.4, -0.2) is 50.7 Å². The highest BCUT2D eigenvalue weighted by molar-refractivity contribution is 6.31. The average molecular weight is 283 g/mol. The Hall–Kier alpha value is -1.26. The summed E-state index contributed by atoms with van der Waals surface area (Å²) in [6.07, 6.45) is 0. The normalized spacial score (nSPS) is 16.5. The maximum atomic E-state index is 11.2. The molecule has 2 rings (SSSR count). The molecule has 0 saturated carbocycles. The first-order chi connectivity index (χ1) is 9.10. The van der Waals surface area contributed by atoms with E-state index in [1.54, 1.807) is 0 Å². The molecular weight excluding hydrogens is 264 g/mol. The largest absolute Gasteiger partial charge is 0.468 e. The molecule has 1 fully saturated rings. The minimum absolute atomic E-state index is 0.174. The molecule has 0 spiro atoms. The number of hydrogen-bond donors (Lipinski definition) is 0. The summed E-state index contributed by atoms with van der Waals surface area (Å²) >= 11 is 6.15. The lowest BCUT2D eigenvalue weighted by Crippen LogP contribution is -2.48. The fourth-order valence-electron chi connectivity index (χ4n) is 2.19. The number of carbonyl (C=O) groups is 1. The molecule has 0 radical (unpaired) electrons. The van der Waals surface area contributed by atoms with Crippen LogP contribution in [0.2, 0.25) is 5.02 Å². The number of aryl methyl sites for hydroxylation is 1. The van der Waals surface area contributed by atoms with E-state index in [-0.39, 0.29) is 5.97 Å². The summed E-state index contributed by atoms with van der Waals surface area (Å²) in [5, 5.41) is 0.800. The molecule has 0 aliphatic carbocycles. The molecule has 0 N–H and O–H groups in total. The number of piperazine rings is 1. The summed E-state index contributed by atoms with van der Waals surface area (Å²) in [6.45, 7) is 5.90. The van der Waals surface area contributed by atoms with E-state index in [2.05, 4.69) is 20.6 Å². The van der Waals surface area contributed by atoms with Crippen molar-refractivity contribution in [3.05, 3.63) is 28.8 Å². The zero-order valence-electron chi connectivity index (χ0n) is 11.4. The molecule has 1 aliphatic rings. The van der Waals surface area contributed by atoms with E-state index in [4.69, 9.17) is 11.6 Å². The van der Waals surface area contributed by atoms with Crippen molar-refractivity contribution in [1.29, 1.82) is 0 Å². The van der Waals surface area contributed by atoms with Crippen molar-refractivity contribution in [2.45, 2.75) is 6.92 Å². The number of esters is 1. The first-order valence-electron chi connectivity index (χ1n) is 6.40. The van der Waals surface area contributed by atoms with E-state index >= 15 is 0 Å². The average Bonchev–Trinajstić information content (AvgIpc) is 2.42. The van der Waals surface area contributed by atoms with Gasteiger partial charge in [0.15, 0.2) is 0 Å². The molecule has 4 nitrogen and oxygen atoms in total. The van der Waals surface area contributed by atoms with Gasteiger partial charge in [-0.3, -0.25) is 9.69 Å². The SMILES string of the molecule is COC(=O)CN1CCN(c2ccc(C)c(Cl)c2)CC1. The zero-order chi connectivity index (χ0) is 13.8. The van der Waals surface area contributed by atoms with Crippen LogP contribution in [0.1, 0.15) is 5.56 Å². The standard InChI is InChI=1S/C14H19ClN2O2/c1-11-3-4-12(9-13(11)15)17-7-5-16(6-8-17)10-14(18)19-2/h3-4,9H,5-8,10H2,1-2H3. The van der Waals surface area contributed by atoms with Gasteiger partial charge >= 0.3 is 5.97 Å². The Balaban J connectivity index is 1.92. The zero-order valence-corrected chi connectivity index (χ0v) is 12.1. The van der Waals surface area contributed by atoms with Crippen molar-refractivity contribution < 1.29 is 9.53 Å². The third kappa shape index (κ3) is 3.61. The van der Waals surface area contributed by atoms with Crippen LogP contribution in [0.25, 0.3) is 0 Å². The topological polar surface area (TPSA) is 32.8 Å². The number of methoxy groups -OCH3 is 1. The van der Waals surface area contributed by atoms with Crippen LogP contribution in [0, 0.1) is 6.92 Å². The van der Waals surface area contributed by atoms with Crippen molar-refractivity contribution in [2.75, 3.05) is 44.7 Å². The molecule has 104 valence electrons. The highest BCUT2D eigenvalue weighted by Crippen LogP contribution is 2.23. The summed E-state index contributed by atoms with van der Waals surface area (Å²) in [5.74, 6) is -0.174. The molecule has 1 saturated heterocycles. The quantitative estimate of drug-likeness (QED) is 0.794. The van der Waals surface area contributed by atoms with Gasteiger partial charge in [0.05, 0.1) is 13.7 Å². The van der Waals surface area contributed by atoms with Crippen LogP contribution < -0.4 is 4.90 Å². The van der Waals surface area contributed by atoms with E-state index < -0.39 is 0 Å². The number of nitrogens with zero attached hydrogens (tertiary/aromatic N) is 2. The van der Waals surface area contributed by atoms with Crippen LogP contribution in [0.5, 0.6) is 0 Å². The van der Waals surface area contributed by atoms with Crippen molar-refractivity contribution >= 4 is 23.3 Å². The number of ether oxygens (including phenoxy) is 1. The molecule has 1 aliphatic heterocycles. The van der Waals surface area contributed by atoms with Crippen molar-refractivity contribution in [3.8, 4) is 0 Å². The highest BCUT2D eigenvalue weighted by atomic mass is 35.5. The van der Waals surface area contributed by atoms with Crippen molar-refractivity contribution in [2.24, 2.45) is 0 Å². The maximum absolute atomic E-state index is 11.2. The lowest BCUT2D eigenvalue weighted by molar-refractivity contribution is -0.142. The Bertz CT molecular complexity index is 457. The number of hydrogen-bond acceptors (Lipinski definition) is 4. The third-order valence-electron chi connectivity index (χ3n) is 3.47. The first-order valence-corrected chi connectivity index (χ1v) is 6.78. The fraction of sp³-hybridized carbons (Fsp3) is 0.500. The predicted octanol–water partition coefficient (Wildman–Crippen LogP) is 1.94. The predicted molar refractivity (Wildman–Crippen MR) is 76.9 cm³/mol. The second kappa shape index (κ2) is 6.26. The molecule has 0 unspecified atom stereocenters. The van der Waals surface area contributed by atoms with Gasteiger partial charge in [0, 0.05) is 36.9 Å². The van der Waals surface area contributed by atoms with Gasteiger partial charge in [-0.1, -0.05) is 17.7 Å². The number of carbonyl (C=O) groups excluding carboxylic acids is 1. The van der Waals surface area contributed by atoms with Gasteiger partial charge in [-0.25, -0.2) is 0 Å². The summed E-state index contributed by atoms with van der Waals surface area (Å²) < 4.78 is 4.68. The number of anilines is 1. The molecule has 1 aromatic rings. The Kier molecular flexibility index (Phi) is 4.66. The molecule has 1 heterocycles. The molecule has 0 atom stereocenters. The Morgan fingerprint density at radius 1 is 1.32 bits per heavy atom. The van der Waals surface area contributed by atoms with Crippen LogP contribution in [0.3, 0.4) is 0 Å². The second-order valence-electron chi connectivity index (χ2n) is 4.77. The Morgan fingerprint density at radius 2 is 2.00 bits per heavy atom. The van der Waals surface area contributed by atoms with Crippen LogP contribution >= 0.6 is 11.6 Å². The summed E-state index contributed by atoms with van der Waals surface area (Å²) in [4.78, 5) is 15.6. The molecular formula is C14H19ClN2O2. The smallest absolute Gasteiger partial charge is 0.319 e. The van der Waals surface area contributed by atoms with Crippen LogP contribution in [-0.2, 0) is 9.53 Å². The molecule has 0 aromatic heterocycles. The molecule has 0 bridgehead atoms.